The number of aromatic nitrogens is 1. The van der Waals surface area contributed by atoms with E-state index in [0.29, 0.717) is 11.3 Å². The molecule has 8 heteroatoms. The molecule has 2 aromatic carbocycles. The first-order valence-corrected chi connectivity index (χ1v) is 8.50. The molecule has 0 fully saturated rings. The lowest BCUT2D eigenvalue weighted by atomic mass is 10.2. The number of carbonyl (C=O) groups is 1. The fraction of sp³-hybridized carbons (Fsp3) is 0.111. The molecule has 0 radical (unpaired) electrons. The number of carboxylic acids is 1. The number of hydrogen-bond donors (Lipinski definition) is 1. The third kappa shape index (κ3) is 4.42. The minimum atomic E-state index is -0.905. The van der Waals surface area contributed by atoms with Crippen LogP contribution in [0.2, 0.25) is 0 Å². The zero-order valence-corrected chi connectivity index (χ0v) is 14.3. The Hall–Kier alpha value is -3.26. The molecule has 7 nitrogen and oxygen atoms in total. The third-order valence-corrected chi connectivity index (χ3v) is 4.46. The summed E-state index contributed by atoms with van der Waals surface area (Å²) < 4.78 is 6.28. The average molecular weight is 370 g/mol. The van der Waals surface area contributed by atoms with E-state index in [-0.39, 0.29) is 18.7 Å². The summed E-state index contributed by atoms with van der Waals surface area (Å²) in [5.41, 5.74) is 1.49. The van der Waals surface area contributed by atoms with E-state index < -0.39 is 10.9 Å². The molecule has 0 amide bonds. The summed E-state index contributed by atoms with van der Waals surface area (Å²) in [4.78, 5) is 25.3. The Morgan fingerprint density at radius 3 is 2.88 bits per heavy atom. The molecule has 0 spiro atoms. The predicted octanol–water partition coefficient (Wildman–Crippen LogP) is 4.23. The van der Waals surface area contributed by atoms with Crippen LogP contribution >= 0.6 is 11.3 Å². The van der Waals surface area contributed by atoms with Crippen LogP contribution < -0.4 is 4.74 Å². The number of nitrogens with zero attached hydrogens (tertiary/aromatic N) is 2. The number of fused-ring (bicyclic) bond motifs is 1. The van der Waals surface area contributed by atoms with Gasteiger partial charge in [-0.3, -0.25) is 14.9 Å². The van der Waals surface area contributed by atoms with Gasteiger partial charge < -0.3 is 9.84 Å². The number of aliphatic carboxylic acids is 1. The van der Waals surface area contributed by atoms with Crippen molar-refractivity contribution < 1.29 is 19.6 Å². The van der Waals surface area contributed by atoms with Gasteiger partial charge in [0.2, 0.25) is 0 Å². The maximum absolute atomic E-state index is 10.8. The van der Waals surface area contributed by atoms with E-state index in [9.17, 15) is 14.9 Å². The van der Waals surface area contributed by atoms with E-state index in [4.69, 9.17) is 9.84 Å². The normalized spacial score (nSPS) is 11.1. The molecular formula is C18H14N2O5S. The SMILES string of the molecule is O=C(O)CCOc1cccc(/C=C/c2nc3cc([N+](=O)[O-])ccc3s2)c1. The molecule has 3 rings (SSSR count). The van der Waals surface area contributed by atoms with Crippen LogP contribution in [0.1, 0.15) is 17.0 Å². The van der Waals surface area contributed by atoms with Gasteiger partial charge in [-0.25, -0.2) is 4.98 Å². The molecule has 0 unspecified atom stereocenters. The van der Waals surface area contributed by atoms with Crippen LogP contribution in [0, 0.1) is 10.1 Å². The van der Waals surface area contributed by atoms with Crippen molar-refractivity contribution in [2.75, 3.05) is 6.61 Å². The van der Waals surface area contributed by atoms with Gasteiger partial charge in [0.1, 0.15) is 10.8 Å². The molecular weight excluding hydrogens is 356 g/mol. The maximum Gasteiger partial charge on any atom is 0.306 e. The van der Waals surface area contributed by atoms with Crippen molar-refractivity contribution in [1.29, 1.82) is 0 Å². The molecule has 0 bridgehead atoms. The number of nitro benzene ring substituents is 1. The summed E-state index contributed by atoms with van der Waals surface area (Å²) in [6.45, 7) is 0.110. The number of carboxylic acid groups (broad SMARTS) is 1. The highest BCUT2D eigenvalue weighted by atomic mass is 32.1. The maximum atomic E-state index is 10.8. The lowest BCUT2D eigenvalue weighted by molar-refractivity contribution is -0.384. The second-order valence-electron chi connectivity index (χ2n) is 5.36. The first-order chi connectivity index (χ1) is 12.5. The lowest BCUT2D eigenvalue weighted by Gasteiger charge is -2.04. The van der Waals surface area contributed by atoms with Crippen LogP contribution in [-0.4, -0.2) is 27.6 Å². The number of ether oxygens (including phenoxy) is 1. The number of rotatable bonds is 7. The van der Waals surface area contributed by atoms with Crippen molar-refractivity contribution in [3.05, 3.63) is 63.1 Å². The Kier molecular flexibility index (Phi) is 5.23. The van der Waals surface area contributed by atoms with Crippen LogP contribution in [0.3, 0.4) is 0 Å². The van der Waals surface area contributed by atoms with E-state index in [1.807, 2.05) is 24.3 Å². The first-order valence-electron chi connectivity index (χ1n) is 7.69. The molecule has 1 N–H and O–H groups in total. The fourth-order valence-electron chi connectivity index (χ4n) is 2.25. The topological polar surface area (TPSA) is 103 Å². The Morgan fingerprint density at radius 1 is 1.27 bits per heavy atom. The monoisotopic (exact) mass is 370 g/mol. The largest absolute Gasteiger partial charge is 0.493 e. The van der Waals surface area contributed by atoms with E-state index in [0.717, 1.165) is 15.3 Å². The third-order valence-electron chi connectivity index (χ3n) is 3.46. The minimum Gasteiger partial charge on any atom is -0.493 e. The van der Waals surface area contributed by atoms with Crippen molar-refractivity contribution in [3.8, 4) is 5.75 Å². The molecule has 0 aliphatic heterocycles. The van der Waals surface area contributed by atoms with Crippen molar-refractivity contribution in [2.45, 2.75) is 6.42 Å². The summed E-state index contributed by atoms with van der Waals surface area (Å²) in [5.74, 6) is -0.314. The van der Waals surface area contributed by atoms with Gasteiger partial charge in [0.05, 0.1) is 28.2 Å². The van der Waals surface area contributed by atoms with Crippen molar-refractivity contribution >= 4 is 45.4 Å². The highest BCUT2D eigenvalue weighted by Gasteiger charge is 2.09. The van der Waals surface area contributed by atoms with Gasteiger partial charge in [-0.2, -0.15) is 0 Å². The second-order valence-corrected chi connectivity index (χ2v) is 6.42. The lowest BCUT2D eigenvalue weighted by Crippen LogP contribution is -2.04. The minimum absolute atomic E-state index is 0.0181. The number of benzene rings is 2. The van der Waals surface area contributed by atoms with Gasteiger partial charge in [-0.1, -0.05) is 18.2 Å². The molecule has 1 heterocycles. The molecule has 0 aliphatic rings. The zero-order valence-electron chi connectivity index (χ0n) is 13.5. The highest BCUT2D eigenvalue weighted by Crippen LogP contribution is 2.27. The van der Waals surface area contributed by atoms with Gasteiger partial charge in [-0.15, -0.1) is 11.3 Å². The van der Waals surface area contributed by atoms with E-state index >= 15 is 0 Å². The van der Waals surface area contributed by atoms with E-state index in [1.165, 1.54) is 23.5 Å². The summed E-state index contributed by atoms with van der Waals surface area (Å²) >= 11 is 1.44. The number of hydrogen-bond acceptors (Lipinski definition) is 6. The van der Waals surface area contributed by atoms with Crippen molar-refractivity contribution in [2.24, 2.45) is 0 Å². The van der Waals surface area contributed by atoms with E-state index in [2.05, 4.69) is 4.98 Å². The number of non-ortho nitro benzene ring substituents is 1. The standard InChI is InChI=1S/C18H14N2O5S/c21-18(22)8-9-25-14-3-1-2-12(10-14)4-7-17-19-15-11-13(20(23)24)5-6-16(15)26-17/h1-7,10-11H,8-9H2,(H,21,22)/b7-4+. The van der Waals surface area contributed by atoms with E-state index in [1.54, 1.807) is 18.2 Å². The van der Waals surface area contributed by atoms with Gasteiger partial charge >= 0.3 is 5.97 Å². The van der Waals surface area contributed by atoms with Crippen LogP contribution in [0.4, 0.5) is 5.69 Å². The summed E-state index contributed by atoms with van der Waals surface area (Å²) in [6, 6.07) is 11.9. The molecule has 3 aromatic rings. The first kappa shape index (κ1) is 17.6. The molecule has 0 atom stereocenters. The number of nitro groups is 1. The Balaban J connectivity index is 1.74. The molecule has 132 valence electrons. The van der Waals surface area contributed by atoms with Gasteiger partial charge in [0.15, 0.2) is 0 Å². The van der Waals surface area contributed by atoms with Crippen LogP contribution in [0.5, 0.6) is 5.75 Å². The predicted molar refractivity (Wildman–Crippen MR) is 99.4 cm³/mol. The molecule has 0 saturated heterocycles. The van der Waals surface area contributed by atoms with Crippen molar-refractivity contribution in [3.63, 3.8) is 0 Å². The summed E-state index contributed by atoms with van der Waals surface area (Å²) in [5, 5.41) is 20.2. The molecule has 0 aliphatic carbocycles. The fourth-order valence-corrected chi connectivity index (χ4v) is 3.10. The summed E-state index contributed by atoms with van der Waals surface area (Å²) in [6.07, 6.45) is 3.63. The van der Waals surface area contributed by atoms with Crippen LogP contribution in [0.25, 0.3) is 22.4 Å². The Morgan fingerprint density at radius 2 is 2.12 bits per heavy atom. The quantitative estimate of drug-likeness (QED) is 0.493. The van der Waals surface area contributed by atoms with Crippen LogP contribution in [-0.2, 0) is 4.79 Å². The second kappa shape index (κ2) is 7.75. The van der Waals surface area contributed by atoms with Gasteiger partial charge in [0.25, 0.3) is 5.69 Å². The summed E-state index contributed by atoms with van der Waals surface area (Å²) in [7, 11) is 0. The molecule has 26 heavy (non-hydrogen) atoms. The molecule has 1 aromatic heterocycles. The van der Waals surface area contributed by atoms with Crippen molar-refractivity contribution in [1.82, 2.24) is 4.98 Å². The smallest absolute Gasteiger partial charge is 0.306 e. The zero-order chi connectivity index (χ0) is 18.5. The Labute approximate surface area is 152 Å². The number of thiazole rings is 1. The average Bonchev–Trinajstić information content (AvgIpc) is 3.02. The Bertz CT molecular complexity index is 996. The molecule has 0 saturated carbocycles. The highest BCUT2D eigenvalue weighted by molar-refractivity contribution is 7.19. The van der Waals surface area contributed by atoms with Gasteiger partial charge in [0, 0.05) is 12.1 Å². The van der Waals surface area contributed by atoms with Gasteiger partial charge in [-0.05, 0) is 29.8 Å². The van der Waals surface area contributed by atoms with Crippen LogP contribution in [0.15, 0.2) is 42.5 Å².